The Hall–Kier alpha value is -2.05. The maximum absolute atomic E-state index is 11.8. The Morgan fingerprint density at radius 3 is 2.40 bits per heavy atom. The lowest BCUT2D eigenvalue weighted by atomic mass is 10.0. The van der Waals surface area contributed by atoms with Gasteiger partial charge in [0.2, 0.25) is 0 Å². The van der Waals surface area contributed by atoms with Crippen LogP contribution in [0.4, 0.5) is 4.79 Å². The zero-order chi connectivity index (χ0) is 15.6. The molecule has 1 amide bonds. The van der Waals surface area contributed by atoms with Crippen LogP contribution in [-0.2, 0) is 16.1 Å². The fourth-order valence-corrected chi connectivity index (χ4v) is 1.60. The van der Waals surface area contributed by atoms with Crippen LogP contribution in [0.3, 0.4) is 0 Å². The van der Waals surface area contributed by atoms with Gasteiger partial charge < -0.3 is 19.7 Å². The van der Waals surface area contributed by atoms with Gasteiger partial charge in [0.25, 0.3) is 0 Å². The number of hydrogen-bond acceptors (Lipinski definition) is 4. The molecule has 1 rings (SSSR count). The number of aromatic nitrogens is 2. The highest BCUT2D eigenvalue weighted by Gasteiger charge is 2.37. The second-order valence-electron chi connectivity index (χ2n) is 5.87. The number of ether oxygens (including phenoxy) is 1. The van der Waals surface area contributed by atoms with Crippen LogP contribution in [0, 0.1) is 6.92 Å². The Morgan fingerprint density at radius 1 is 1.40 bits per heavy atom. The number of hydrogen-bond donors (Lipinski definition) is 2. The number of nitrogens with zero attached hydrogens (tertiary/aromatic N) is 2. The Labute approximate surface area is 118 Å². The summed E-state index contributed by atoms with van der Waals surface area (Å²) >= 11 is 0. The Balaban J connectivity index is 2.85. The third kappa shape index (κ3) is 4.25. The molecule has 0 aliphatic rings. The summed E-state index contributed by atoms with van der Waals surface area (Å²) in [5, 5.41) is 11.8. The number of amides is 1. The van der Waals surface area contributed by atoms with E-state index in [9.17, 15) is 14.7 Å². The van der Waals surface area contributed by atoms with Gasteiger partial charge in [0, 0.05) is 12.4 Å². The van der Waals surface area contributed by atoms with Crippen molar-refractivity contribution in [2.24, 2.45) is 0 Å². The first-order chi connectivity index (χ1) is 9.03. The van der Waals surface area contributed by atoms with E-state index in [1.807, 2.05) is 0 Å². The molecular weight excluding hydrogens is 262 g/mol. The summed E-state index contributed by atoms with van der Waals surface area (Å²) in [7, 11) is 0. The highest BCUT2D eigenvalue weighted by atomic mass is 16.6. The predicted octanol–water partition coefficient (Wildman–Crippen LogP) is 1.56. The molecule has 0 bridgehead atoms. The molecular formula is C13H21N3O4. The molecule has 0 aromatic carbocycles. The van der Waals surface area contributed by atoms with Crippen molar-refractivity contribution in [1.29, 1.82) is 0 Å². The molecule has 0 fully saturated rings. The molecule has 20 heavy (non-hydrogen) atoms. The van der Waals surface area contributed by atoms with Crippen LogP contribution in [-0.4, -0.2) is 37.9 Å². The molecule has 0 aliphatic heterocycles. The summed E-state index contributed by atoms with van der Waals surface area (Å²) in [5.74, 6) is -0.472. The molecule has 0 aliphatic carbocycles. The molecule has 1 unspecified atom stereocenters. The Kier molecular flexibility index (Phi) is 4.42. The fourth-order valence-electron chi connectivity index (χ4n) is 1.60. The van der Waals surface area contributed by atoms with Gasteiger partial charge in [-0.1, -0.05) is 0 Å². The third-order valence-corrected chi connectivity index (χ3v) is 2.66. The average molecular weight is 283 g/mol. The van der Waals surface area contributed by atoms with Crippen LogP contribution in [0.5, 0.6) is 0 Å². The maximum Gasteiger partial charge on any atom is 0.408 e. The van der Waals surface area contributed by atoms with Crippen molar-refractivity contribution >= 4 is 12.1 Å². The molecule has 112 valence electrons. The molecule has 1 heterocycles. The number of carboxylic acid groups (broad SMARTS) is 1. The van der Waals surface area contributed by atoms with Gasteiger partial charge in [0.05, 0.1) is 6.54 Å². The monoisotopic (exact) mass is 283 g/mol. The lowest BCUT2D eigenvalue weighted by Crippen LogP contribution is -2.56. The summed E-state index contributed by atoms with van der Waals surface area (Å²) in [6.07, 6.45) is 2.47. The van der Waals surface area contributed by atoms with Gasteiger partial charge in [-0.15, -0.1) is 0 Å². The molecule has 7 heteroatoms. The van der Waals surface area contributed by atoms with Crippen molar-refractivity contribution in [3.05, 3.63) is 18.2 Å². The van der Waals surface area contributed by atoms with Gasteiger partial charge in [-0.2, -0.15) is 0 Å². The van der Waals surface area contributed by atoms with E-state index >= 15 is 0 Å². The van der Waals surface area contributed by atoms with Crippen LogP contribution in [0.2, 0.25) is 0 Å². The number of carbonyl (C=O) groups excluding carboxylic acids is 1. The fraction of sp³-hybridized carbons (Fsp3) is 0.615. The Morgan fingerprint density at radius 2 is 2.00 bits per heavy atom. The number of aliphatic carboxylic acids is 1. The summed E-state index contributed by atoms with van der Waals surface area (Å²) < 4.78 is 6.75. The summed E-state index contributed by atoms with van der Waals surface area (Å²) in [6, 6.07) is 0. The molecule has 0 saturated heterocycles. The number of carboxylic acids is 1. The van der Waals surface area contributed by atoms with E-state index in [1.165, 1.54) is 6.92 Å². The summed E-state index contributed by atoms with van der Waals surface area (Å²) in [5.41, 5.74) is -2.16. The maximum atomic E-state index is 11.8. The number of aryl methyl sites for hydroxylation is 1. The molecule has 0 spiro atoms. The molecule has 1 aromatic rings. The molecule has 1 atom stereocenters. The van der Waals surface area contributed by atoms with E-state index in [2.05, 4.69) is 10.3 Å². The molecule has 7 nitrogen and oxygen atoms in total. The largest absolute Gasteiger partial charge is 0.479 e. The van der Waals surface area contributed by atoms with Crippen molar-refractivity contribution in [2.45, 2.75) is 52.3 Å². The van der Waals surface area contributed by atoms with Gasteiger partial charge in [-0.05, 0) is 34.6 Å². The predicted molar refractivity (Wildman–Crippen MR) is 72.4 cm³/mol. The first-order valence-corrected chi connectivity index (χ1v) is 6.26. The highest BCUT2D eigenvalue weighted by molar-refractivity contribution is 5.83. The zero-order valence-corrected chi connectivity index (χ0v) is 12.4. The van der Waals surface area contributed by atoms with Crippen molar-refractivity contribution in [3.8, 4) is 0 Å². The van der Waals surface area contributed by atoms with Crippen molar-refractivity contribution in [1.82, 2.24) is 14.9 Å². The van der Waals surface area contributed by atoms with Crippen LogP contribution < -0.4 is 5.32 Å². The quantitative estimate of drug-likeness (QED) is 0.874. The number of alkyl carbamates (subject to hydrolysis) is 1. The lowest BCUT2D eigenvalue weighted by Gasteiger charge is -2.29. The lowest BCUT2D eigenvalue weighted by molar-refractivity contribution is -0.144. The van der Waals surface area contributed by atoms with Crippen LogP contribution in [0.25, 0.3) is 0 Å². The average Bonchev–Trinajstić information content (AvgIpc) is 2.60. The van der Waals surface area contributed by atoms with Gasteiger partial charge in [-0.25, -0.2) is 14.6 Å². The smallest absolute Gasteiger partial charge is 0.408 e. The first-order valence-electron chi connectivity index (χ1n) is 6.26. The van der Waals surface area contributed by atoms with Gasteiger partial charge in [-0.3, -0.25) is 0 Å². The standard InChI is InChI=1S/C13H21N3O4/c1-9-14-6-7-16(9)8-13(5,10(17)18)15-11(19)20-12(2,3)4/h6-7H,8H2,1-5H3,(H,15,19)(H,17,18). The topological polar surface area (TPSA) is 93.5 Å². The number of imidazole rings is 1. The van der Waals surface area contributed by atoms with Gasteiger partial charge >= 0.3 is 12.1 Å². The van der Waals surface area contributed by atoms with Crippen molar-refractivity contribution in [2.75, 3.05) is 0 Å². The number of nitrogens with one attached hydrogen (secondary N) is 1. The van der Waals surface area contributed by atoms with E-state index in [-0.39, 0.29) is 6.54 Å². The van der Waals surface area contributed by atoms with Gasteiger partial charge in [0.1, 0.15) is 11.4 Å². The van der Waals surface area contributed by atoms with E-state index in [0.717, 1.165) is 0 Å². The minimum Gasteiger partial charge on any atom is -0.479 e. The highest BCUT2D eigenvalue weighted by Crippen LogP contribution is 2.13. The normalized spacial score (nSPS) is 14.4. The molecule has 0 radical (unpaired) electrons. The van der Waals surface area contributed by atoms with Crippen LogP contribution in [0.15, 0.2) is 12.4 Å². The number of rotatable bonds is 4. The van der Waals surface area contributed by atoms with E-state index in [4.69, 9.17) is 4.74 Å². The third-order valence-electron chi connectivity index (χ3n) is 2.66. The van der Waals surface area contributed by atoms with Crippen molar-refractivity contribution in [3.63, 3.8) is 0 Å². The van der Waals surface area contributed by atoms with Gasteiger partial charge in [0.15, 0.2) is 5.54 Å². The minimum absolute atomic E-state index is 0.0629. The second-order valence-corrected chi connectivity index (χ2v) is 5.87. The first kappa shape index (κ1) is 16.0. The van der Waals surface area contributed by atoms with E-state index in [0.29, 0.717) is 5.82 Å². The zero-order valence-electron chi connectivity index (χ0n) is 12.4. The summed E-state index contributed by atoms with van der Waals surface area (Å²) in [4.78, 5) is 27.3. The van der Waals surface area contributed by atoms with Crippen molar-refractivity contribution < 1.29 is 19.4 Å². The molecule has 0 saturated carbocycles. The number of carbonyl (C=O) groups is 2. The summed E-state index contributed by atoms with van der Waals surface area (Å²) in [6.45, 7) is 8.39. The van der Waals surface area contributed by atoms with E-state index in [1.54, 1.807) is 44.7 Å². The minimum atomic E-state index is -1.48. The molecule has 2 N–H and O–H groups in total. The Bertz CT molecular complexity index is 504. The van der Waals surface area contributed by atoms with Crippen LogP contribution in [0.1, 0.15) is 33.5 Å². The van der Waals surface area contributed by atoms with E-state index < -0.39 is 23.2 Å². The SMILES string of the molecule is Cc1nccn1CC(C)(NC(=O)OC(C)(C)C)C(=O)O. The second kappa shape index (κ2) is 5.52. The van der Waals surface area contributed by atoms with Crippen LogP contribution >= 0.6 is 0 Å². The molecule has 1 aromatic heterocycles.